The Labute approximate surface area is 764 Å². The summed E-state index contributed by atoms with van der Waals surface area (Å²) < 4.78 is 61.6. The van der Waals surface area contributed by atoms with Gasteiger partial charge in [0, 0.05) is 19.3 Å². The third-order valence-corrected chi connectivity index (χ3v) is 23.3. The fourth-order valence-corrected chi connectivity index (χ4v) is 15.4. The van der Waals surface area contributed by atoms with Crippen LogP contribution in [0.15, 0.2) is 170 Å². The van der Waals surface area contributed by atoms with E-state index in [2.05, 4.69) is 191 Å². The van der Waals surface area contributed by atoms with E-state index in [-0.39, 0.29) is 19.3 Å². The highest BCUT2D eigenvalue weighted by Gasteiger charge is 2.30. The Morgan fingerprint density at radius 1 is 0.232 bits per heavy atom. The molecule has 5 atom stereocenters. The van der Waals surface area contributed by atoms with E-state index in [0.29, 0.717) is 19.3 Å². The minimum atomic E-state index is -4.95. The van der Waals surface area contributed by atoms with Gasteiger partial charge in [-0.05, 0) is 161 Å². The molecule has 0 amide bonds. The van der Waals surface area contributed by atoms with Crippen LogP contribution in [0.4, 0.5) is 0 Å². The van der Waals surface area contributed by atoms with E-state index in [9.17, 15) is 43.5 Å². The maximum Gasteiger partial charge on any atom is 0.472 e. The summed E-state index contributed by atoms with van der Waals surface area (Å²) in [7, 11) is -9.82. The Bertz CT molecular complexity index is 2950. The Morgan fingerprint density at radius 2 is 0.424 bits per heavy atom. The van der Waals surface area contributed by atoms with Crippen molar-refractivity contribution in [3.05, 3.63) is 170 Å². The Balaban J connectivity index is 4.58. The second-order valence-electron chi connectivity index (χ2n) is 33.5. The van der Waals surface area contributed by atoms with Crippen molar-refractivity contribution in [2.75, 3.05) is 39.6 Å². The van der Waals surface area contributed by atoms with Gasteiger partial charge in [0.05, 0.1) is 26.4 Å². The molecular formula is C107H184O16P2. The molecule has 0 rings (SSSR count). The number of hydrogen-bond donors (Lipinski definition) is 4. The maximum atomic E-state index is 13.1. The van der Waals surface area contributed by atoms with Gasteiger partial charge in [0.2, 0.25) is 0 Å². The summed E-state index contributed by atoms with van der Waals surface area (Å²) in [6, 6.07) is 0. The average Bonchev–Trinajstić information content (AvgIpc) is 0.909. The Hall–Kier alpha value is -5.09. The van der Waals surface area contributed by atoms with Crippen LogP contribution in [0.5, 0.6) is 0 Å². The minimum absolute atomic E-state index is 0.0925. The highest BCUT2D eigenvalue weighted by molar-refractivity contribution is 7.47. The van der Waals surface area contributed by atoms with Gasteiger partial charge in [-0.3, -0.25) is 32.5 Å². The summed E-state index contributed by atoms with van der Waals surface area (Å²) in [5, 5.41) is 20.8. The SMILES string of the molecule is CC/C=C\C/C=C\C/C=C\C/C=C\C/C=C\C/C=C\CCCCCCCCCCCCC(=O)OCC(COP(=O)(O)OCC(O)COP(=O)(O)OCC(O)COC(=O)CCCCCCCCCCCCCCCCCCCCC/C=C\C/C=C\C/C=C\C/C=C\CCCCC)OC(=O)CCCCCCCCCCC/C=C\C/C=C\C/C=C\C/C=C\CCCCC. The van der Waals surface area contributed by atoms with Crippen molar-refractivity contribution >= 4 is 33.6 Å². The lowest BCUT2D eigenvalue weighted by atomic mass is 10.0. The fraction of sp³-hybridized carbons (Fsp3) is 0.710. The van der Waals surface area contributed by atoms with Crippen LogP contribution in [0.25, 0.3) is 0 Å². The van der Waals surface area contributed by atoms with Crippen LogP contribution in [0.3, 0.4) is 0 Å². The number of aliphatic hydroxyl groups excluding tert-OH is 2. The molecule has 0 radical (unpaired) electrons. The monoisotopic (exact) mass is 1790 g/mol. The molecule has 5 unspecified atom stereocenters. The van der Waals surface area contributed by atoms with Crippen LogP contribution in [0.1, 0.15) is 432 Å². The molecule has 16 nitrogen and oxygen atoms in total. The van der Waals surface area contributed by atoms with Gasteiger partial charge >= 0.3 is 33.6 Å². The summed E-state index contributed by atoms with van der Waals surface area (Å²) >= 11 is 0. The third kappa shape index (κ3) is 99.3. The van der Waals surface area contributed by atoms with Crippen molar-refractivity contribution in [2.24, 2.45) is 0 Å². The number of allylic oxidation sites excluding steroid dienone is 28. The number of phosphoric acid groups is 2. The van der Waals surface area contributed by atoms with Crippen LogP contribution < -0.4 is 0 Å². The largest absolute Gasteiger partial charge is 0.472 e. The number of aliphatic hydroxyl groups is 2. The molecule has 0 saturated heterocycles. The van der Waals surface area contributed by atoms with Crippen molar-refractivity contribution in [3.63, 3.8) is 0 Å². The quantitative estimate of drug-likeness (QED) is 0.0146. The zero-order valence-corrected chi connectivity index (χ0v) is 81.3. The molecule has 0 aliphatic carbocycles. The maximum absolute atomic E-state index is 13.1. The zero-order chi connectivity index (χ0) is 90.7. The topological polar surface area (TPSA) is 231 Å². The van der Waals surface area contributed by atoms with Gasteiger partial charge in [0.1, 0.15) is 25.4 Å². The van der Waals surface area contributed by atoms with Gasteiger partial charge in [-0.25, -0.2) is 9.13 Å². The number of rotatable bonds is 95. The summed E-state index contributed by atoms with van der Waals surface area (Å²) in [4.78, 5) is 59.2. The molecule has 0 aromatic heterocycles. The number of phosphoric ester groups is 2. The molecule has 18 heteroatoms. The molecule has 4 N–H and O–H groups in total. The molecule has 0 aliphatic heterocycles. The number of unbranched alkanes of at least 4 members (excludes halogenated alkanes) is 44. The first-order valence-corrected chi connectivity index (χ1v) is 53.4. The number of esters is 3. The van der Waals surface area contributed by atoms with Gasteiger partial charge in [0.15, 0.2) is 6.10 Å². The lowest BCUT2D eigenvalue weighted by molar-refractivity contribution is -0.161. The van der Waals surface area contributed by atoms with Crippen molar-refractivity contribution in [2.45, 2.75) is 450 Å². The summed E-state index contributed by atoms with van der Waals surface area (Å²) in [5.41, 5.74) is 0. The first kappa shape index (κ1) is 120. The number of ether oxygens (including phenoxy) is 3. The minimum Gasteiger partial charge on any atom is -0.463 e. The molecule has 0 aromatic rings. The van der Waals surface area contributed by atoms with E-state index in [0.717, 1.165) is 161 Å². The normalized spacial score (nSPS) is 14.4. The summed E-state index contributed by atoms with van der Waals surface area (Å²) in [5.74, 6) is -1.57. The molecule has 0 heterocycles. The lowest BCUT2D eigenvalue weighted by Gasteiger charge is -2.21. The van der Waals surface area contributed by atoms with Gasteiger partial charge in [-0.15, -0.1) is 0 Å². The van der Waals surface area contributed by atoms with Gasteiger partial charge < -0.3 is 34.2 Å². The summed E-state index contributed by atoms with van der Waals surface area (Å²) in [6.45, 7) is 2.57. The van der Waals surface area contributed by atoms with Crippen molar-refractivity contribution in [1.82, 2.24) is 0 Å². The second-order valence-corrected chi connectivity index (χ2v) is 36.5. The number of hydrogen-bond acceptors (Lipinski definition) is 14. The van der Waals surface area contributed by atoms with Crippen molar-refractivity contribution in [3.8, 4) is 0 Å². The Morgan fingerprint density at radius 3 is 0.672 bits per heavy atom. The van der Waals surface area contributed by atoms with E-state index in [4.69, 9.17) is 32.3 Å². The molecule has 125 heavy (non-hydrogen) atoms. The average molecular weight is 1790 g/mol. The third-order valence-electron chi connectivity index (χ3n) is 21.4. The lowest BCUT2D eigenvalue weighted by Crippen LogP contribution is -2.30. The van der Waals surface area contributed by atoms with Crippen LogP contribution in [-0.2, 0) is 55.8 Å². The van der Waals surface area contributed by atoms with Gasteiger partial charge in [-0.2, -0.15) is 0 Å². The second kappa shape index (κ2) is 98.0. The molecule has 0 aliphatic rings. The van der Waals surface area contributed by atoms with Crippen molar-refractivity contribution in [1.29, 1.82) is 0 Å². The summed E-state index contributed by atoms with van der Waals surface area (Å²) in [6.07, 6.45) is 128. The first-order chi connectivity index (χ1) is 61.2. The van der Waals surface area contributed by atoms with E-state index >= 15 is 0 Å². The molecular weight excluding hydrogens is 1600 g/mol. The molecule has 0 saturated carbocycles. The Kier molecular flexibility index (Phi) is 94.0. The highest BCUT2D eigenvalue weighted by atomic mass is 31.2. The smallest absolute Gasteiger partial charge is 0.463 e. The predicted octanol–water partition coefficient (Wildman–Crippen LogP) is 31.8. The predicted molar refractivity (Wildman–Crippen MR) is 528 cm³/mol. The van der Waals surface area contributed by atoms with Crippen LogP contribution in [0, 0.1) is 0 Å². The number of carbonyl (C=O) groups excluding carboxylic acids is 3. The molecule has 0 bridgehead atoms. The number of carbonyl (C=O) groups is 3. The van der Waals surface area contributed by atoms with E-state index in [1.807, 2.05) is 0 Å². The van der Waals surface area contributed by atoms with E-state index in [1.165, 1.54) is 212 Å². The van der Waals surface area contributed by atoms with E-state index in [1.54, 1.807) is 0 Å². The van der Waals surface area contributed by atoms with E-state index < -0.39 is 91.5 Å². The zero-order valence-electron chi connectivity index (χ0n) is 79.5. The first-order valence-electron chi connectivity index (χ1n) is 50.4. The molecule has 0 spiro atoms. The fourth-order valence-electron chi connectivity index (χ4n) is 13.8. The standard InChI is InChI=1S/C107H184O16P2/c1-4-7-10-13-16-19-22-25-28-31-34-37-40-43-45-47-48-49-50-51-52-54-56-58-60-63-66-69-72-75-78-81-84-87-90-93-105(110)117-96-102(108)97-119-124(113,114)120-98-103(109)99-121-125(115,116)122-101-104(123-107(112)95-92-89-86-83-80-77-74-71-68-65-62-57-42-39-36-33-30-27-24-21-18-15-12-9-6-3)100-118-106(111)94-91-88-85-82-79-76-73-70-67-64-61-59-55-53-46-44-41-38-35-32-29-26-23-20-17-14-11-8-5-2/h8,11,16-21,25-30,34-39,43-46,55,57,59,62,102-104,108-109H,4-7,9-10,12-15,22-24,31-33,40-42,47-54,56,58,60-61,63-101H2,1-3H3,(H,113,114)(H,115,116)/b11-8-,19-16-,20-17-,21-18-,28-25-,29-26-,30-27-,37-34-,38-35-,39-36-,45-43-,46-44-,59-55-,62-57-. The molecule has 718 valence electrons. The van der Waals surface area contributed by atoms with Gasteiger partial charge in [0.25, 0.3) is 0 Å². The van der Waals surface area contributed by atoms with Crippen LogP contribution in [-0.4, -0.2) is 95.9 Å². The van der Waals surface area contributed by atoms with Crippen molar-refractivity contribution < 1.29 is 75.8 Å². The highest BCUT2D eigenvalue weighted by Crippen LogP contribution is 2.45. The van der Waals surface area contributed by atoms with Crippen LogP contribution in [0.2, 0.25) is 0 Å². The molecule has 0 aromatic carbocycles. The van der Waals surface area contributed by atoms with Crippen LogP contribution >= 0.6 is 15.6 Å². The van der Waals surface area contributed by atoms with Gasteiger partial charge in [-0.1, -0.05) is 422 Å². The molecule has 0 fully saturated rings.